The first-order chi connectivity index (χ1) is 13.1. The predicted octanol–water partition coefficient (Wildman–Crippen LogP) is 4.03. The highest BCUT2D eigenvalue weighted by atomic mass is 35.5. The highest BCUT2D eigenvalue weighted by Gasteiger charge is 2.15. The lowest BCUT2D eigenvalue weighted by Gasteiger charge is -2.10. The number of carbonyl (C=O) groups excluding carboxylic acids is 1. The Balaban J connectivity index is 1.60. The number of benzene rings is 1. The number of ether oxygens (including phenoxy) is 1. The summed E-state index contributed by atoms with van der Waals surface area (Å²) in [6.45, 7) is 4.88. The van der Waals surface area contributed by atoms with Gasteiger partial charge < -0.3 is 14.6 Å². The third-order valence-electron chi connectivity index (χ3n) is 3.56. The van der Waals surface area contributed by atoms with Crippen LogP contribution in [0.15, 0.2) is 34.9 Å². The van der Waals surface area contributed by atoms with Gasteiger partial charge in [0.1, 0.15) is 12.4 Å². The molecule has 0 aliphatic carbocycles. The summed E-state index contributed by atoms with van der Waals surface area (Å²) >= 11 is 8.86. The fraction of sp³-hybridized carbons (Fsp3) is 0.294. The average Bonchev–Trinajstić information content (AvgIpc) is 3.30. The van der Waals surface area contributed by atoms with Gasteiger partial charge in [-0.1, -0.05) is 29.4 Å². The van der Waals surface area contributed by atoms with Crippen molar-refractivity contribution < 1.29 is 9.53 Å². The molecule has 3 aromatic rings. The van der Waals surface area contributed by atoms with Crippen LogP contribution in [0.3, 0.4) is 0 Å². The number of hydrogen-bond acceptors (Lipinski definition) is 7. The number of rotatable bonds is 8. The van der Waals surface area contributed by atoms with Crippen molar-refractivity contribution in [3.8, 4) is 5.75 Å². The lowest BCUT2D eigenvalue weighted by molar-refractivity contribution is -0.113. The number of thioether (sulfide) groups is 1. The highest BCUT2D eigenvalue weighted by molar-refractivity contribution is 7.99. The van der Waals surface area contributed by atoms with Crippen molar-refractivity contribution in [2.75, 3.05) is 11.1 Å². The number of amides is 1. The SMILES string of the molecule is CCn1c(COc2cc(C)ccc2Cl)nnc1SCC(=O)Nc1nccs1. The van der Waals surface area contributed by atoms with Crippen molar-refractivity contribution in [1.29, 1.82) is 0 Å². The number of nitrogens with one attached hydrogen (secondary N) is 1. The van der Waals surface area contributed by atoms with Crippen molar-refractivity contribution in [3.63, 3.8) is 0 Å². The van der Waals surface area contributed by atoms with Crippen molar-refractivity contribution in [3.05, 3.63) is 46.2 Å². The summed E-state index contributed by atoms with van der Waals surface area (Å²) in [6.07, 6.45) is 1.65. The van der Waals surface area contributed by atoms with E-state index in [4.69, 9.17) is 16.3 Å². The summed E-state index contributed by atoms with van der Waals surface area (Å²) in [4.78, 5) is 16.0. The molecule has 0 fully saturated rings. The maximum absolute atomic E-state index is 12.0. The van der Waals surface area contributed by atoms with E-state index < -0.39 is 0 Å². The van der Waals surface area contributed by atoms with E-state index in [2.05, 4.69) is 20.5 Å². The van der Waals surface area contributed by atoms with Gasteiger partial charge in [0.2, 0.25) is 5.91 Å². The molecule has 1 aromatic carbocycles. The van der Waals surface area contributed by atoms with Gasteiger partial charge in [-0.05, 0) is 31.5 Å². The molecule has 1 N–H and O–H groups in total. The van der Waals surface area contributed by atoms with Gasteiger partial charge in [-0.15, -0.1) is 21.5 Å². The molecule has 0 radical (unpaired) electrons. The van der Waals surface area contributed by atoms with Crippen LogP contribution in [0.25, 0.3) is 0 Å². The topological polar surface area (TPSA) is 81.9 Å². The fourth-order valence-corrected chi connectivity index (χ4v) is 3.82. The summed E-state index contributed by atoms with van der Waals surface area (Å²) in [7, 11) is 0. The van der Waals surface area contributed by atoms with Gasteiger partial charge >= 0.3 is 0 Å². The lowest BCUT2D eigenvalue weighted by atomic mass is 10.2. The molecule has 1 amide bonds. The quantitative estimate of drug-likeness (QED) is 0.551. The first-order valence-corrected chi connectivity index (χ1v) is 10.4. The third-order valence-corrected chi connectivity index (χ3v) is 5.53. The Labute approximate surface area is 170 Å². The van der Waals surface area contributed by atoms with E-state index in [1.54, 1.807) is 12.3 Å². The molecule has 0 atom stereocenters. The van der Waals surface area contributed by atoms with Gasteiger partial charge in [0.05, 0.1) is 10.8 Å². The fourth-order valence-electron chi connectivity index (χ4n) is 2.28. The van der Waals surface area contributed by atoms with Gasteiger partial charge in [-0.3, -0.25) is 4.79 Å². The predicted molar refractivity (Wildman–Crippen MR) is 108 cm³/mol. The van der Waals surface area contributed by atoms with Gasteiger partial charge in [-0.25, -0.2) is 4.98 Å². The van der Waals surface area contributed by atoms with E-state index in [1.165, 1.54) is 23.1 Å². The second kappa shape index (κ2) is 9.20. The Morgan fingerprint density at radius 1 is 1.41 bits per heavy atom. The zero-order valence-corrected chi connectivity index (χ0v) is 17.2. The Morgan fingerprint density at radius 3 is 3.00 bits per heavy atom. The Morgan fingerprint density at radius 2 is 2.26 bits per heavy atom. The minimum absolute atomic E-state index is 0.134. The van der Waals surface area contributed by atoms with Gasteiger partial charge in [0.25, 0.3) is 0 Å². The normalized spacial score (nSPS) is 10.8. The van der Waals surface area contributed by atoms with Crippen LogP contribution in [0.5, 0.6) is 5.75 Å². The number of carbonyl (C=O) groups is 1. The number of nitrogens with zero attached hydrogens (tertiary/aromatic N) is 4. The van der Waals surface area contributed by atoms with Crippen LogP contribution in [-0.4, -0.2) is 31.4 Å². The average molecular weight is 424 g/mol. The Kier molecular flexibility index (Phi) is 6.70. The van der Waals surface area contributed by atoms with Gasteiger partial charge in [0.15, 0.2) is 16.1 Å². The van der Waals surface area contributed by atoms with Crippen molar-refractivity contribution >= 4 is 45.7 Å². The van der Waals surface area contributed by atoms with Gasteiger partial charge in [0, 0.05) is 18.1 Å². The number of thiazole rings is 1. The van der Waals surface area contributed by atoms with Crippen LogP contribution in [0.2, 0.25) is 5.02 Å². The second-order valence-electron chi connectivity index (χ2n) is 5.54. The highest BCUT2D eigenvalue weighted by Crippen LogP contribution is 2.26. The standard InChI is InChI=1S/C17H18ClN5O2S2/c1-3-23-14(9-25-13-8-11(2)4-5-12(13)18)21-22-17(23)27-10-15(24)20-16-19-6-7-26-16/h4-8H,3,9-10H2,1-2H3,(H,19,20,24). The minimum atomic E-state index is -0.134. The lowest BCUT2D eigenvalue weighted by Crippen LogP contribution is -2.14. The molecular formula is C17H18ClN5O2S2. The van der Waals surface area contributed by atoms with Crippen LogP contribution >= 0.6 is 34.7 Å². The third kappa shape index (κ3) is 5.21. The number of hydrogen-bond donors (Lipinski definition) is 1. The zero-order valence-electron chi connectivity index (χ0n) is 14.8. The molecule has 0 saturated carbocycles. The maximum Gasteiger partial charge on any atom is 0.236 e. The summed E-state index contributed by atoms with van der Waals surface area (Å²) in [6, 6.07) is 5.61. The second-order valence-corrected chi connectivity index (χ2v) is 7.78. The minimum Gasteiger partial charge on any atom is -0.484 e. The molecule has 2 aromatic heterocycles. The van der Waals surface area contributed by atoms with Crippen molar-refractivity contribution in [2.45, 2.75) is 32.2 Å². The first-order valence-electron chi connectivity index (χ1n) is 8.20. The molecule has 0 aliphatic heterocycles. The molecule has 0 aliphatic rings. The van der Waals surface area contributed by atoms with Crippen LogP contribution in [0.1, 0.15) is 18.3 Å². The Hall–Kier alpha value is -2.10. The van der Waals surface area contributed by atoms with E-state index in [0.717, 1.165) is 5.56 Å². The molecule has 3 rings (SSSR count). The molecule has 2 heterocycles. The maximum atomic E-state index is 12.0. The number of aryl methyl sites for hydroxylation is 1. The molecule has 27 heavy (non-hydrogen) atoms. The molecule has 0 unspecified atom stereocenters. The molecule has 10 heteroatoms. The van der Waals surface area contributed by atoms with E-state index in [-0.39, 0.29) is 18.3 Å². The van der Waals surface area contributed by atoms with Crippen LogP contribution < -0.4 is 10.1 Å². The largest absolute Gasteiger partial charge is 0.484 e. The molecule has 0 saturated heterocycles. The van der Waals surface area contributed by atoms with E-state index in [1.807, 2.05) is 35.9 Å². The molecular weight excluding hydrogens is 406 g/mol. The zero-order chi connectivity index (χ0) is 19.2. The molecule has 0 bridgehead atoms. The monoisotopic (exact) mass is 423 g/mol. The number of halogens is 1. The van der Waals surface area contributed by atoms with Gasteiger partial charge in [-0.2, -0.15) is 0 Å². The summed E-state index contributed by atoms with van der Waals surface area (Å²) in [5.41, 5.74) is 1.06. The van der Waals surface area contributed by atoms with Crippen LogP contribution in [0, 0.1) is 6.92 Å². The Bertz CT molecular complexity index is 914. The first kappa shape index (κ1) is 19.7. The summed E-state index contributed by atoms with van der Waals surface area (Å²) < 4.78 is 7.73. The van der Waals surface area contributed by atoms with E-state index in [9.17, 15) is 4.79 Å². The van der Waals surface area contributed by atoms with E-state index >= 15 is 0 Å². The summed E-state index contributed by atoms with van der Waals surface area (Å²) in [5, 5.41) is 14.7. The molecule has 7 nitrogen and oxygen atoms in total. The number of anilines is 1. The molecule has 142 valence electrons. The van der Waals surface area contributed by atoms with Crippen molar-refractivity contribution in [2.24, 2.45) is 0 Å². The van der Waals surface area contributed by atoms with Crippen molar-refractivity contribution in [1.82, 2.24) is 19.7 Å². The van der Waals surface area contributed by atoms with E-state index in [0.29, 0.717) is 33.4 Å². The number of aromatic nitrogens is 4. The molecule has 0 spiro atoms. The smallest absolute Gasteiger partial charge is 0.236 e. The summed E-state index contributed by atoms with van der Waals surface area (Å²) in [5.74, 6) is 1.38. The van der Waals surface area contributed by atoms with Crippen LogP contribution in [0.4, 0.5) is 5.13 Å². The van der Waals surface area contributed by atoms with Crippen LogP contribution in [-0.2, 0) is 17.9 Å².